The van der Waals surface area contributed by atoms with Crippen molar-refractivity contribution in [3.63, 3.8) is 0 Å². The Hall–Kier alpha value is -1.71. The van der Waals surface area contributed by atoms with Gasteiger partial charge in [0.15, 0.2) is 6.10 Å². The van der Waals surface area contributed by atoms with Crippen molar-refractivity contribution < 1.29 is 4.74 Å². The van der Waals surface area contributed by atoms with Crippen molar-refractivity contribution in [2.75, 3.05) is 0 Å². The Labute approximate surface area is 139 Å². The van der Waals surface area contributed by atoms with E-state index in [1.807, 2.05) is 39.0 Å². The van der Waals surface area contributed by atoms with Crippen LogP contribution in [0.3, 0.4) is 0 Å². The van der Waals surface area contributed by atoms with E-state index in [1.54, 1.807) is 12.1 Å². The van der Waals surface area contributed by atoms with E-state index in [-0.39, 0.29) is 6.10 Å². The minimum atomic E-state index is -0.204. The molecule has 0 spiro atoms. The summed E-state index contributed by atoms with van der Waals surface area (Å²) in [6, 6.07) is 9.63. The molecule has 0 radical (unpaired) electrons. The molecule has 0 saturated carbocycles. The molecule has 0 saturated heterocycles. The van der Waals surface area contributed by atoms with Crippen LogP contribution in [0.25, 0.3) is 11.0 Å². The monoisotopic (exact) mass is 334 g/mol. The Morgan fingerprint density at radius 1 is 1.09 bits per heavy atom. The predicted molar refractivity (Wildman–Crippen MR) is 91.1 cm³/mol. The van der Waals surface area contributed by atoms with E-state index >= 15 is 0 Å². The number of imidazole rings is 1. The predicted octanol–water partition coefficient (Wildman–Crippen LogP) is 5.63. The molecule has 3 nitrogen and oxygen atoms in total. The van der Waals surface area contributed by atoms with E-state index in [0.29, 0.717) is 10.0 Å². The maximum Gasteiger partial charge on any atom is 0.153 e. The average Bonchev–Trinajstić information content (AvgIpc) is 2.86. The molecule has 1 N–H and O–H groups in total. The molecule has 0 aliphatic heterocycles. The number of H-pyrrole nitrogens is 1. The van der Waals surface area contributed by atoms with Gasteiger partial charge in [0.2, 0.25) is 0 Å². The Bertz CT molecular complexity index is 783. The average molecular weight is 335 g/mol. The zero-order valence-corrected chi connectivity index (χ0v) is 14.1. The van der Waals surface area contributed by atoms with Crippen LogP contribution in [0.15, 0.2) is 30.3 Å². The van der Waals surface area contributed by atoms with Crippen molar-refractivity contribution in [2.24, 2.45) is 0 Å². The quantitative estimate of drug-likeness (QED) is 0.674. The number of aromatic amines is 1. The van der Waals surface area contributed by atoms with Crippen LogP contribution in [0.4, 0.5) is 0 Å². The summed E-state index contributed by atoms with van der Waals surface area (Å²) in [6.07, 6.45) is -0.204. The van der Waals surface area contributed by atoms with Gasteiger partial charge < -0.3 is 9.72 Å². The van der Waals surface area contributed by atoms with Crippen LogP contribution in [0.1, 0.15) is 30.0 Å². The summed E-state index contributed by atoms with van der Waals surface area (Å²) >= 11 is 12.1. The second-order valence-corrected chi connectivity index (χ2v) is 6.20. The van der Waals surface area contributed by atoms with E-state index in [0.717, 1.165) is 33.7 Å². The first-order valence-corrected chi connectivity index (χ1v) is 7.79. The number of fused-ring (bicyclic) bond motifs is 1. The number of rotatable bonds is 3. The maximum atomic E-state index is 6.09. The molecular weight excluding hydrogens is 319 g/mol. The van der Waals surface area contributed by atoms with Gasteiger partial charge >= 0.3 is 0 Å². The van der Waals surface area contributed by atoms with Gasteiger partial charge in [-0.3, -0.25) is 0 Å². The molecule has 1 atom stereocenters. The number of nitrogens with one attached hydrogen (secondary N) is 1. The maximum absolute atomic E-state index is 6.09. The Morgan fingerprint density at radius 2 is 1.73 bits per heavy atom. The molecule has 0 amide bonds. The highest BCUT2D eigenvalue weighted by Crippen LogP contribution is 2.30. The number of para-hydroxylation sites is 1. The molecule has 1 heterocycles. The molecule has 0 aliphatic rings. The number of hydrogen-bond acceptors (Lipinski definition) is 2. The third-order valence-corrected chi connectivity index (χ3v) is 4.35. The number of ether oxygens (including phenoxy) is 1. The second kappa shape index (κ2) is 5.82. The summed E-state index contributed by atoms with van der Waals surface area (Å²) in [5.74, 6) is 1.64. The molecule has 22 heavy (non-hydrogen) atoms. The Kier molecular flexibility index (Phi) is 4.02. The minimum absolute atomic E-state index is 0.204. The van der Waals surface area contributed by atoms with Crippen LogP contribution in [0, 0.1) is 13.8 Å². The summed E-state index contributed by atoms with van der Waals surface area (Å²) in [6.45, 7) is 6.03. The third-order valence-electron chi connectivity index (χ3n) is 3.63. The molecule has 0 unspecified atom stereocenters. The highest BCUT2D eigenvalue weighted by Gasteiger charge is 2.15. The van der Waals surface area contributed by atoms with Crippen molar-refractivity contribution in [2.45, 2.75) is 26.9 Å². The summed E-state index contributed by atoms with van der Waals surface area (Å²) in [5.41, 5.74) is 3.84. The Morgan fingerprint density at radius 3 is 2.41 bits per heavy atom. The lowest BCUT2D eigenvalue weighted by molar-refractivity contribution is 0.215. The molecule has 0 fully saturated rings. The van der Waals surface area contributed by atoms with E-state index in [2.05, 4.69) is 9.97 Å². The molecule has 3 rings (SSSR count). The topological polar surface area (TPSA) is 37.9 Å². The van der Waals surface area contributed by atoms with Crippen molar-refractivity contribution in [3.8, 4) is 5.75 Å². The van der Waals surface area contributed by atoms with E-state index < -0.39 is 0 Å². The number of halogens is 2. The first-order valence-electron chi connectivity index (χ1n) is 7.03. The van der Waals surface area contributed by atoms with Gasteiger partial charge in [-0.05, 0) is 44.0 Å². The third kappa shape index (κ3) is 2.79. The number of aryl methyl sites for hydroxylation is 2. The lowest BCUT2D eigenvalue weighted by atomic mass is 10.1. The first kappa shape index (κ1) is 15.2. The van der Waals surface area contributed by atoms with E-state index in [9.17, 15) is 0 Å². The van der Waals surface area contributed by atoms with Gasteiger partial charge in [-0.25, -0.2) is 4.98 Å². The zero-order chi connectivity index (χ0) is 15.9. The van der Waals surface area contributed by atoms with Crippen LogP contribution in [-0.2, 0) is 0 Å². The summed E-state index contributed by atoms with van der Waals surface area (Å²) in [4.78, 5) is 7.79. The standard InChI is InChI=1S/C17H16Cl2N2O/c1-9-5-4-6-10(2)16(9)22-11(3)17-20-14-7-12(18)13(19)8-15(14)21-17/h4-8,11H,1-3H3,(H,20,21)/t11-/m0/s1. The van der Waals surface area contributed by atoms with Gasteiger partial charge in [0, 0.05) is 0 Å². The van der Waals surface area contributed by atoms with Gasteiger partial charge in [-0.1, -0.05) is 41.4 Å². The minimum Gasteiger partial charge on any atom is -0.482 e. The van der Waals surface area contributed by atoms with Crippen LogP contribution >= 0.6 is 23.2 Å². The van der Waals surface area contributed by atoms with Crippen molar-refractivity contribution >= 4 is 34.2 Å². The van der Waals surface area contributed by atoms with Crippen LogP contribution in [-0.4, -0.2) is 9.97 Å². The fourth-order valence-corrected chi connectivity index (χ4v) is 2.76. The lowest BCUT2D eigenvalue weighted by Crippen LogP contribution is -2.07. The summed E-state index contributed by atoms with van der Waals surface area (Å²) in [5, 5.41) is 1.00. The smallest absolute Gasteiger partial charge is 0.153 e. The van der Waals surface area contributed by atoms with Gasteiger partial charge in [0.1, 0.15) is 11.6 Å². The number of hydrogen-bond donors (Lipinski definition) is 1. The summed E-state index contributed by atoms with van der Waals surface area (Å²) < 4.78 is 6.09. The molecule has 0 bridgehead atoms. The van der Waals surface area contributed by atoms with Gasteiger partial charge in [-0.2, -0.15) is 0 Å². The molecule has 114 valence electrons. The van der Waals surface area contributed by atoms with Gasteiger partial charge in [0.05, 0.1) is 21.1 Å². The van der Waals surface area contributed by atoms with Crippen molar-refractivity contribution in [3.05, 3.63) is 57.3 Å². The molecule has 0 aliphatic carbocycles. The largest absolute Gasteiger partial charge is 0.482 e. The molecule has 5 heteroatoms. The fraction of sp³-hybridized carbons (Fsp3) is 0.235. The normalized spacial score (nSPS) is 12.6. The first-order chi connectivity index (χ1) is 10.5. The number of aromatic nitrogens is 2. The molecular formula is C17H16Cl2N2O. The number of nitrogens with zero attached hydrogens (tertiary/aromatic N) is 1. The van der Waals surface area contributed by atoms with Crippen LogP contribution < -0.4 is 4.74 Å². The SMILES string of the molecule is Cc1cccc(C)c1O[C@@H](C)c1nc2cc(Cl)c(Cl)cc2[nH]1. The highest BCUT2D eigenvalue weighted by molar-refractivity contribution is 6.42. The van der Waals surface area contributed by atoms with E-state index in [4.69, 9.17) is 27.9 Å². The molecule has 3 aromatic rings. The van der Waals surface area contributed by atoms with Gasteiger partial charge in [-0.15, -0.1) is 0 Å². The van der Waals surface area contributed by atoms with Crippen molar-refractivity contribution in [1.29, 1.82) is 0 Å². The molecule has 1 aromatic heterocycles. The second-order valence-electron chi connectivity index (χ2n) is 5.39. The number of benzene rings is 2. The summed E-state index contributed by atoms with van der Waals surface area (Å²) in [7, 11) is 0. The lowest BCUT2D eigenvalue weighted by Gasteiger charge is -2.16. The Balaban J connectivity index is 1.94. The van der Waals surface area contributed by atoms with Crippen LogP contribution in [0.5, 0.6) is 5.75 Å². The van der Waals surface area contributed by atoms with Crippen molar-refractivity contribution in [1.82, 2.24) is 9.97 Å². The fourth-order valence-electron chi connectivity index (χ4n) is 2.43. The highest BCUT2D eigenvalue weighted by atomic mass is 35.5. The molecule has 2 aromatic carbocycles. The van der Waals surface area contributed by atoms with Gasteiger partial charge in [0.25, 0.3) is 0 Å². The zero-order valence-electron chi connectivity index (χ0n) is 12.6. The van der Waals surface area contributed by atoms with Crippen LogP contribution in [0.2, 0.25) is 10.0 Å². The van der Waals surface area contributed by atoms with E-state index in [1.165, 1.54) is 0 Å².